The fraction of sp³-hybridized carbons (Fsp3) is 0.714. The van der Waals surface area contributed by atoms with Crippen molar-refractivity contribution < 1.29 is 9.84 Å². The first-order valence-electron chi connectivity index (χ1n) is 9.84. The summed E-state index contributed by atoms with van der Waals surface area (Å²) >= 11 is 0. The number of nitrogens with zero attached hydrogens (tertiary/aromatic N) is 1. The van der Waals surface area contributed by atoms with Crippen LogP contribution in [-0.2, 0) is 6.54 Å². The van der Waals surface area contributed by atoms with Gasteiger partial charge in [-0.05, 0) is 68.8 Å². The molecule has 0 radical (unpaired) electrons. The molecule has 0 amide bonds. The first-order valence-corrected chi connectivity index (χ1v) is 9.84. The second kappa shape index (κ2) is 6.68. The fourth-order valence-corrected chi connectivity index (χ4v) is 5.07. The minimum atomic E-state index is -0.518. The summed E-state index contributed by atoms with van der Waals surface area (Å²) in [6.45, 7) is 1.93. The van der Waals surface area contributed by atoms with Crippen LogP contribution in [-0.4, -0.2) is 35.3 Å². The molecule has 0 bridgehead atoms. The Bertz CT molecular complexity index is 573. The number of benzene rings is 1. The van der Waals surface area contributed by atoms with Crippen molar-refractivity contribution in [1.82, 2.24) is 4.90 Å². The maximum Gasteiger partial charge on any atom is 0.120 e. The molecule has 1 aromatic carbocycles. The predicted molar refractivity (Wildman–Crippen MR) is 96.4 cm³/mol. The van der Waals surface area contributed by atoms with Gasteiger partial charge < -0.3 is 14.7 Å². The molecule has 3 aliphatic rings. The van der Waals surface area contributed by atoms with Crippen molar-refractivity contribution in [2.45, 2.75) is 82.0 Å². The number of hydrogen-bond donors (Lipinski definition) is 1. The normalized spacial score (nSPS) is 27.8. The van der Waals surface area contributed by atoms with E-state index in [-0.39, 0.29) is 5.92 Å². The van der Waals surface area contributed by atoms with Crippen LogP contribution in [0.1, 0.15) is 74.8 Å². The van der Waals surface area contributed by atoms with E-state index in [2.05, 4.69) is 30.1 Å². The molecular weight excluding hydrogens is 298 g/mol. The molecule has 0 aromatic heterocycles. The van der Waals surface area contributed by atoms with Crippen LogP contribution >= 0.6 is 0 Å². The molecule has 132 valence electrons. The third kappa shape index (κ3) is 3.21. The van der Waals surface area contributed by atoms with Crippen LogP contribution in [0.5, 0.6) is 5.75 Å². The lowest BCUT2D eigenvalue weighted by Crippen LogP contribution is -2.46. The minimum Gasteiger partial charge on any atom is -0.490 e. The van der Waals surface area contributed by atoms with Crippen molar-refractivity contribution in [1.29, 1.82) is 0 Å². The van der Waals surface area contributed by atoms with Gasteiger partial charge >= 0.3 is 0 Å². The Morgan fingerprint density at radius 2 is 1.83 bits per heavy atom. The van der Waals surface area contributed by atoms with E-state index in [0.29, 0.717) is 6.10 Å². The number of fused-ring (bicyclic) bond motifs is 1. The third-order valence-electron chi connectivity index (χ3n) is 6.40. The van der Waals surface area contributed by atoms with Crippen molar-refractivity contribution in [2.75, 3.05) is 13.6 Å². The molecule has 1 aromatic rings. The van der Waals surface area contributed by atoms with E-state index in [4.69, 9.17) is 4.74 Å². The Balaban J connectivity index is 1.59. The van der Waals surface area contributed by atoms with Crippen molar-refractivity contribution in [2.24, 2.45) is 0 Å². The fourth-order valence-electron chi connectivity index (χ4n) is 5.07. The van der Waals surface area contributed by atoms with Crippen molar-refractivity contribution in [3.8, 4) is 5.75 Å². The van der Waals surface area contributed by atoms with Gasteiger partial charge in [-0.15, -0.1) is 0 Å². The summed E-state index contributed by atoms with van der Waals surface area (Å²) in [5.74, 6) is 1.26. The van der Waals surface area contributed by atoms with Crippen molar-refractivity contribution in [3.05, 3.63) is 29.3 Å². The van der Waals surface area contributed by atoms with Gasteiger partial charge in [0.25, 0.3) is 0 Å². The molecule has 2 fully saturated rings. The van der Waals surface area contributed by atoms with Crippen molar-refractivity contribution >= 4 is 0 Å². The highest BCUT2D eigenvalue weighted by Gasteiger charge is 2.41. The Hall–Kier alpha value is -1.06. The lowest BCUT2D eigenvalue weighted by atomic mass is 9.70. The van der Waals surface area contributed by atoms with E-state index in [1.54, 1.807) is 0 Å². The zero-order chi connectivity index (χ0) is 16.6. The molecule has 1 N–H and O–H groups in total. The second-order valence-corrected chi connectivity index (χ2v) is 8.30. The average molecular weight is 329 g/mol. The minimum absolute atomic E-state index is 0.243. The lowest BCUT2D eigenvalue weighted by molar-refractivity contribution is -0.0333. The summed E-state index contributed by atoms with van der Waals surface area (Å²) in [7, 11) is 2.17. The molecule has 1 heterocycles. The van der Waals surface area contributed by atoms with Gasteiger partial charge in [0.15, 0.2) is 0 Å². The van der Waals surface area contributed by atoms with E-state index in [1.807, 2.05) is 0 Å². The molecule has 0 saturated heterocycles. The number of hydrogen-bond acceptors (Lipinski definition) is 3. The summed E-state index contributed by atoms with van der Waals surface area (Å²) in [6.07, 6.45) is 10.9. The van der Waals surface area contributed by atoms with Gasteiger partial charge in [0.1, 0.15) is 5.75 Å². The Labute approximate surface area is 146 Å². The highest BCUT2D eigenvalue weighted by Crippen LogP contribution is 2.44. The second-order valence-electron chi connectivity index (χ2n) is 8.30. The highest BCUT2D eigenvalue weighted by molar-refractivity contribution is 5.41. The molecular formula is C21H31NO2. The Morgan fingerprint density at radius 1 is 1.08 bits per heavy atom. The first kappa shape index (κ1) is 16.4. The van der Waals surface area contributed by atoms with E-state index >= 15 is 0 Å². The van der Waals surface area contributed by atoms with Gasteiger partial charge in [-0.25, -0.2) is 0 Å². The van der Waals surface area contributed by atoms with Crippen LogP contribution < -0.4 is 4.74 Å². The van der Waals surface area contributed by atoms with Crippen LogP contribution in [0.3, 0.4) is 0 Å². The number of likely N-dealkylation sites (N-methyl/N-ethyl adjacent to an activating group) is 1. The Kier molecular flexibility index (Phi) is 4.57. The summed E-state index contributed by atoms with van der Waals surface area (Å²) in [5, 5.41) is 11.3. The monoisotopic (exact) mass is 329 g/mol. The smallest absolute Gasteiger partial charge is 0.120 e. The van der Waals surface area contributed by atoms with Crippen LogP contribution in [0.2, 0.25) is 0 Å². The molecule has 0 spiro atoms. The molecule has 1 unspecified atom stereocenters. The molecule has 3 heteroatoms. The summed E-state index contributed by atoms with van der Waals surface area (Å²) in [4.78, 5) is 2.36. The molecule has 3 nitrogen and oxygen atoms in total. The van der Waals surface area contributed by atoms with Gasteiger partial charge in [0.2, 0.25) is 0 Å². The number of rotatable bonds is 3. The summed E-state index contributed by atoms with van der Waals surface area (Å²) < 4.78 is 6.20. The topological polar surface area (TPSA) is 32.7 Å². The quantitative estimate of drug-likeness (QED) is 0.900. The largest absolute Gasteiger partial charge is 0.490 e. The first-order chi connectivity index (χ1) is 11.6. The molecule has 2 saturated carbocycles. The van der Waals surface area contributed by atoms with Crippen LogP contribution in [0.25, 0.3) is 0 Å². The van der Waals surface area contributed by atoms with E-state index in [9.17, 15) is 5.11 Å². The van der Waals surface area contributed by atoms with Gasteiger partial charge in [0.05, 0.1) is 11.7 Å². The number of aliphatic hydroxyl groups is 1. The van der Waals surface area contributed by atoms with Crippen LogP contribution in [0.4, 0.5) is 0 Å². The van der Waals surface area contributed by atoms with Crippen molar-refractivity contribution in [3.63, 3.8) is 0 Å². The molecule has 1 aliphatic heterocycles. The summed E-state index contributed by atoms with van der Waals surface area (Å²) in [5.41, 5.74) is 2.19. The van der Waals surface area contributed by atoms with Gasteiger partial charge in [-0.1, -0.05) is 25.3 Å². The zero-order valence-electron chi connectivity index (χ0n) is 15.0. The average Bonchev–Trinajstić information content (AvgIpc) is 3.07. The maximum atomic E-state index is 11.3. The van der Waals surface area contributed by atoms with Gasteiger partial charge in [-0.2, -0.15) is 0 Å². The van der Waals surface area contributed by atoms with E-state index in [1.165, 1.54) is 43.2 Å². The highest BCUT2D eigenvalue weighted by atomic mass is 16.5. The van der Waals surface area contributed by atoms with E-state index in [0.717, 1.165) is 44.5 Å². The SMILES string of the molecule is CN1Cc2cc(OC3CCCC3)ccc2C(C2(O)CCCCC2)C1. The van der Waals surface area contributed by atoms with Crippen LogP contribution in [0.15, 0.2) is 18.2 Å². The third-order valence-corrected chi connectivity index (χ3v) is 6.40. The van der Waals surface area contributed by atoms with Crippen LogP contribution in [0, 0.1) is 0 Å². The predicted octanol–water partition coefficient (Wildman–Crippen LogP) is 4.23. The lowest BCUT2D eigenvalue weighted by Gasteiger charge is -2.44. The zero-order valence-corrected chi connectivity index (χ0v) is 15.0. The van der Waals surface area contributed by atoms with Gasteiger partial charge in [0, 0.05) is 19.0 Å². The molecule has 4 rings (SSSR count). The molecule has 24 heavy (non-hydrogen) atoms. The maximum absolute atomic E-state index is 11.3. The molecule has 1 atom stereocenters. The summed E-state index contributed by atoms with van der Waals surface area (Å²) in [6, 6.07) is 6.62. The standard InChI is InChI=1S/C21H31NO2/c1-22-14-16-13-18(24-17-7-3-4-8-17)9-10-19(16)20(15-22)21(23)11-5-2-6-12-21/h9-10,13,17,20,23H,2-8,11-12,14-15H2,1H3. The van der Waals surface area contributed by atoms with Gasteiger partial charge in [-0.3, -0.25) is 0 Å². The van der Waals surface area contributed by atoms with E-state index < -0.39 is 5.60 Å². The Morgan fingerprint density at radius 3 is 2.58 bits per heavy atom. The molecule has 2 aliphatic carbocycles. The number of ether oxygens (including phenoxy) is 1.